The zero-order chi connectivity index (χ0) is 21.8. The van der Waals surface area contributed by atoms with Crippen molar-refractivity contribution in [3.8, 4) is 5.75 Å². The summed E-state index contributed by atoms with van der Waals surface area (Å²) in [4.78, 5) is 24.4. The minimum Gasteiger partial charge on any atom is -0.494 e. The lowest BCUT2D eigenvalue weighted by Crippen LogP contribution is -2.34. The molecule has 30 heavy (non-hydrogen) atoms. The molecule has 0 atom stereocenters. The van der Waals surface area contributed by atoms with Gasteiger partial charge < -0.3 is 15.4 Å². The van der Waals surface area contributed by atoms with Gasteiger partial charge in [0.25, 0.3) is 5.91 Å². The number of carbonyl (C=O) groups excluding carboxylic acids is 2. The third-order valence-corrected chi connectivity index (χ3v) is 4.43. The molecule has 0 aliphatic heterocycles. The molecule has 2 aromatic rings. The monoisotopic (exact) mass is 427 g/mol. The van der Waals surface area contributed by atoms with Gasteiger partial charge in [-0.05, 0) is 67.5 Å². The lowest BCUT2D eigenvalue weighted by molar-refractivity contribution is -0.116. The summed E-state index contributed by atoms with van der Waals surface area (Å²) in [5.74, 6) is 0.403. The molecule has 6 nitrogen and oxygen atoms in total. The molecule has 0 aliphatic rings. The second-order valence-corrected chi connectivity index (χ2v) is 7.28. The topological polar surface area (TPSA) is 79.5 Å². The van der Waals surface area contributed by atoms with Gasteiger partial charge in [-0.2, -0.15) is 0 Å². The highest BCUT2D eigenvalue weighted by molar-refractivity contribution is 7.80. The van der Waals surface area contributed by atoms with Crippen molar-refractivity contribution >= 4 is 40.5 Å². The highest BCUT2D eigenvalue weighted by Gasteiger charge is 2.09. The van der Waals surface area contributed by atoms with Crippen LogP contribution in [-0.4, -0.2) is 23.5 Å². The molecule has 0 unspecified atom stereocenters. The molecule has 0 saturated heterocycles. The number of amides is 2. The molecule has 0 aromatic heterocycles. The van der Waals surface area contributed by atoms with Gasteiger partial charge in [-0.1, -0.05) is 32.8 Å². The number of hydrogen-bond acceptors (Lipinski definition) is 4. The first-order valence-corrected chi connectivity index (χ1v) is 10.7. The van der Waals surface area contributed by atoms with Crippen LogP contribution in [0.4, 0.5) is 11.4 Å². The van der Waals surface area contributed by atoms with E-state index in [2.05, 4.69) is 22.9 Å². The van der Waals surface area contributed by atoms with Gasteiger partial charge >= 0.3 is 0 Å². The Morgan fingerprint density at radius 3 is 2.30 bits per heavy atom. The Hall–Kier alpha value is -2.93. The molecule has 2 rings (SSSR count). The molecule has 0 bridgehead atoms. The van der Waals surface area contributed by atoms with Gasteiger partial charge in [0.2, 0.25) is 5.91 Å². The number of carbonyl (C=O) groups is 2. The van der Waals surface area contributed by atoms with E-state index < -0.39 is 0 Å². The van der Waals surface area contributed by atoms with Crippen LogP contribution < -0.4 is 20.7 Å². The van der Waals surface area contributed by atoms with Crippen LogP contribution in [0.5, 0.6) is 5.75 Å². The molecule has 0 aliphatic carbocycles. The van der Waals surface area contributed by atoms with Crippen molar-refractivity contribution in [2.75, 3.05) is 17.2 Å². The third kappa shape index (κ3) is 8.21. The van der Waals surface area contributed by atoms with Crippen LogP contribution in [0, 0.1) is 0 Å². The van der Waals surface area contributed by atoms with Gasteiger partial charge in [-0.3, -0.25) is 14.9 Å². The molecule has 0 saturated carbocycles. The van der Waals surface area contributed by atoms with E-state index in [4.69, 9.17) is 17.0 Å². The summed E-state index contributed by atoms with van der Waals surface area (Å²) >= 11 is 5.24. The smallest absolute Gasteiger partial charge is 0.257 e. The summed E-state index contributed by atoms with van der Waals surface area (Å²) in [6, 6.07) is 14.1. The molecule has 3 N–H and O–H groups in total. The number of anilines is 2. The lowest BCUT2D eigenvalue weighted by atomic mass is 10.2. The SMILES string of the molecule is CCCCCC(=O)Nc1cccc(NC(=S)NC(=O)c2ccc(OCCC)cc2)c1. The maximum atomic E-state index is 12.4. The molecule has 2 aromatic carbocycles. The van der Waals surface area contributed by atoms with Gasteiger partial charge in [-0.25, -0.2) is 0 Å². The van der Waals surface area contributed by atoms with Crippen LogP contribution in [0.15, 0.2) is 48.5 Å². The summed E-state index contributed by atoms with van der Waals surface area (Å²) in [7, 11) is 0. The first-order chi connectivity index (χ1) is 14.5. The molecule has 7 heteroatoms. The van der Waals surface area contributed by atoms with Crippen LogP contribution in [0.3, 0.4) is 0 Å². The maximum absolute atomic E-state index is 12.4. The summed E-state index contributed by atoms with van der Waals surface area (Å²) in [5.41, 5.74) is 1.84. The van der Waals surface area contributed by atoms with Gasteiger partial charge in [0.15, 0.2) is 5.11 Å². The highest BCUT2D eigenvalue weighted by Crippen LogP contribution is 2.16. The number of unbranched alkanes of at least 4 members (excludes halogenated alkanes) is 2. The standard InChI is InChI=1S/C23H29N3O3S/c1-3-5-6-10-21(27)24-18-8-7-9-19(16-18)25-23(30)26-22(28)17-11-13-20(14-12-17)29-15-4-2/h7-9,11-14,16H,3-6,10,15H2,1-2H3,(H,24,27)(H2,25,26,28,30). The first-order valence-electron chi connectivity index (χ1n) is 10.3. The van der Waals surface area contributed by atoms with Crippen molar-refractivity contribution < 1.29 is 14.3 Å². The molecule has 0 heterocycles. The average Bonchev–Trinajstić information content (AvgIpc) is 2.73. The Morgan fingerprint density at radius 2 is 1.63 bits per heavy atom. The number of nitrogens with one attached hydrogen (secondary N) is 3. The van der Waals surface area contributed by atoms with Gasteiger partial charge in [0, 0.05) is 23.4 Å². The van der Waals surface area contributed by atoms with Crippen LogP contribution in [0.1, 0.15) is 56.3 Å². The normalized spacial score (nSPS) is 10.2. The van der Waals surface area contributed by atoms with Crippen LogP contribution in [-0.2, 0) is 4.79 Å². The number of hydrogen-bond donors (Lipinski definition) is 3. The van der Waals surface area contributed by atoms with E-state index in [9.17, 15) is 9.59 Å². The molecular formula is C23H29N3O3S. The van der Waals surface area contributed by atoms with Gasteiger partial charge in [0.1, 0.15) is 5.75 Å². The number of ether oxygens (including phenoxy) is 1. The summed E-state index contributed by atoms with van der Waals surface area (Å²) in [6.45, 7) is 4.77. The second-order valence-electron chi connectivity index (χ2n) is 6.87. The summed E-state index contributed by atoms with van der Waals surface area (Å²) < 4.78 is 5.52. The Balaban J connectivity index is 1.86. The zero-order valence-corrected chi connectivity index (χ0v) is 18.3. The van der Waals surface area contributed by atoms with E-state index in [-0.39, 0.29) is 16.9 Å². The minimum absolute atomic E-state index is 0.0113. The Morgan fingerprint density at radius 1 is 0.933 bits per heavy atom. The second kappa shape index (κ2) is 12.6. The van der Waals surface area contributed by atoms with Crippen molar-refractivity contribution in [3.63, 3.8) is 0 Å². The van der Waals surface area contributed by atoms with E-state index in [1.807, 2.05) is 25.1 Å². The van der Waals surface area contributed by atoms with E-state index in [1.54, 1.807) is 30.3 Å². The Labute approximate surface area is 183 Å². The van der Waals surface area contributed by atoms with E-state index in [1.165, 1.54) is 0 Å². The van der Waals surface area contributed by atoms with E-state index >= 15 is 0 Å². The predicted molar refractivity (Wildman–Crippen MR) is 125 cm³/mol. The van der Waals surface area contributed by atoms with Crippen molar-refractivity contribution in [2.24, 2.45) is 0 Å². The van der Waals surface area contributed by atoms with Crippen LogP contribution in [0.2, 0.25) is 0 Å². The molecule has 160 valence electrons. The van der Waals surface area contributed by atoms with Crippen LogP contribution in [0.25, 0.3) is 0 Å². The predicted octanol–water partition coefficient (Wildman–Crippen LogP) is 5.12. The van der Waals surface area contributed by atoms with Crippen LogP contribution >= 0.6 is 12.2 Å². The number of thiocarbonyl (C=S) groups is 1. The van der Waals surface area contributed by atoms with Crippen molar-refractivity contribution in [2.45, 2.75) is 46.0 Å². The number of rotatable bonds is 10. The third-order valence-electron chi connectivity index (χ3n) is 4.23. The Kier molecular flexibility index (Phi) is 9.80. The quantitative estimate of drug-likeness (QED) is 0.362. The first kappa shape index (κ1) is 23.3. The molecule has 2 amide bonds. The summed E-state index contributed by atoms with van der Waals surface area (Å²) in [5, 5.41) is 8.68. The lowest BCUT2D eigenvalue weighted by Gasteiger charge is -2.12. The molecule has 0 spiro atoms. The largest absolute Gasteiger partial charge is 0.494 e. The van der Waals surface area contributed by atoms with E-state index in [0.717, 1.165) is 31.4 Å². The minimum atomic E-state index is -0.310. The fraction of sp³-hybridized carbons (Fsp3) is 0.348. The average molecular weight is 428 g/mol. The maximum Gasteiger partial charge on any atom is 0.257 e. The van der Waals surface area contributed by atoms with Crippen molar-refractivity contribution in [1.29, 1.82) is 0 Å². The van der Waals surface area contributed by atoms with Crippen molar-refractivity contribution in [1.82, 2.24) is 5.32 Å². The molecule has 0 fully saturated rings. The fourth-order valence-electron chi connectivity index (χ4n) is 2.69. The number of benzene rings is 2. The molecular weight excluding hydrogens is 398 g/mol. The Bertz CT molecular complexity index is 853. The highest BCUT2D eigenvalue weighted by atomic mass is 32.1. The molecule has 0 radical (unpaired) electrons. The van der Waals surface area contributed by atoms with Gasteiger partial charge in [0.05, 0.1) is 6.61 Å². The summed E-state index contributed by atoms with van der Waals surface area (Å²) in [6.07, 6.45) is 4.42. The zero-order valence-electron chi connectivity index (χ0n) is 17.5. The van der Waals surface area contributed by atoms with E-state index in [0.29, 0.717) is 30.0 Å². The fourth-order valence-corrected chi connectivity index (χ4v) is 2.90. The van der Waals surface area contributed by atoms with Gasteiger partial charge in [-0.15, -0.1) is 0 Å². The van der Waals surface area contributed by atoms with Crippen molar-refractivity contribution in [3.05, 3.63) is 54.1 Å².